The summed E-state index contributed by atoms with van der Waals surface area (Å²) in [5, 5.41) is 13.2. The molecule has 130 valence electrons. The maximum atomic E-state index is 10.7. The molecule has 1 aliphatic carbocycles. The molecule has 2 atom stereocenters. The number of carboxylic acid groups (broad SMARTS) is 1. The highest BCUT2D eigenvalue weighted by Crippen LogP contribution is 2.37. The van der Waals surface area contributed by atoms with Gasteiger partial charge in [-0.3, -0.25) is 0 Å². The number of aromatic nitrogens is 2. The second-order valence-corrected chi connectivity index (χ2v) is 13.7. The van der Waals surface area contributed by atoms with Crippen molar-refractivity contribution in [2.75, 3.05) is 6.61 Å². The molecule has 2 unspecified atom stereocenters. The Bertz CT molecular complexity index is 544. The Morgan fingerprint density at radius 1 is 1.48 bits per heavy atom. The van der Waals surface area contributed by atoms with Crippen molar-refractivity contribution >= 4 is 30.2 Å². The molecular formula is C15H25BrN2O4Si. The van der Waals surface area contributed by atoms with Gasteiger partial charge in [0.05, 0.1) is 0 Å². The molecule has 1 saturated carbocycles. The summed E-state index contributed by atoms with van der Waals surface area (Å²) in [6.45, 7) is 8.17. The third kappa shape index (κ3) is 5.93. The van der Waals surface area contributed by atoms with E-state index in [-0.39, 0.29) is 12.0 Å². The summed E-state index contributed by atoms with van der Waals surface area (Å²) in [6.07, 6.45) is 0.966. The van der Waals surface area contributed by atoms with Gasteiger partial charge in [0.15, 0.2) is 0 Å². The molecular weight excluding hydrogens is 380 g/mol. The number of ether oxygens (including phenoxy) is 2. The average molecular weight is 405 g/mol. The molecule has 0 radical (unpaired) electrons. The van der Waals surface area contributed by atoms with Gasteiger partial charge in [0.25, 0.3) is 0 Å². The van der Waals surface area contributed by atoms with E-state index in [9.17, 15) is 4.79 Å². The zero-order chi connectivity index (χ0) is 17.0. The normalized spacial score (nSPS) is 21.6. The van der Waals surface area contributed by atoms with Crippen molar-refractivity contribution in [3.05, 3.63) is 16.4 Å². The van der Waals surface area contributed by atoms with E-state index >= 15 is 0 Å². The standard InChI is InChI=1S/C15H25BrN2O4Si/c1-23(2,3)7-6-21-10-18-13(9-14(16)17-18)11-4-5-12(8-11)22-15(19)20/h9,11-12H,4-8,10H2,1-3H3,(H,19,20). The van der Waals surface area contributed by atoms with E-state index in [1.54, 1.807) is 0 Å². The van der Waals surface area contributed by atoms with Crippen LogP contribution in [0.3, 0.4) is 0 Å². The van der Waals surface area contributed by atoms with Crippen molar-refractivity contribution < 1.29 is 19.4 Å². The van der Waals surface area contributed by atoms with Crippen molar-refractivity contribution in [3.8, 4) is 0 Å². The lowest BCUT2D eigenvalue weighted by atomic mass is 10.0. The number of rotatable bonds is 7. The minimum Gasteiger partial charge on any atom is -0.450 e. The van der Waals surface area contributed by atoms with Crippen LogP contribution in [0.15, 0.2) is 10.7 Å². The fourth-order valence-electron chi connectivity index (χ4n) is 2.82. The summed E-state index contributed by atoms with van der Waals surface area (Å²) in [5.74, 6) is 0.263. The molecule has 8 heteroatoms. The first-order chi connectivity index (χ1) is 10.7. The predicted octanol–water partition coefficient (Wildman–Crippen LogP) is 4.29. The molecule has 0 bridgehead atoms. The highest BCUT2D eigenvalue weighted by molar-refractivity contribution is 9.10. The Morgan fingerprint density at radius 3 is 2.87 bits per heavy atom. The molecule has 0 amide bonds. The average Bonchev–Trinajstić information content (AvgIpc) is 2.99. The van der Waals surface area contributed by atoms with Gasteiger partial charge in [0.2, 0.25) is 0 Å². The first kappa shape index (κ1) is 18.5. The minimum absolute atomic E-state index is 0.215. The van der Waals surface area contributed by atoms with Crippen LogP contribution in [-0.2, 0) is 16.2 Å². The van der Waals surface area contributed by atoms with E-state index in [4.69, 9.17) is 14.6 Å². The zero-order valence-electron chi connectivity index (χ0n) is 13.9. The molecule has 1 aromatic rings. The number of carbonyl (C=O) groups is 1. The molecule has 2 rings (SSSR count). The molecule has 6 nitrogen and oxygen atoms in total. The Balaban J connectivity index is 1.91. The van der Waals surface area contributed by atoms with Crippen LogP contribution in [0.25, 0.3) is 0 Å². The second-order valence-electron chi connectivity index (χ2n) is 7.26. The van der Waals surface area contributed by atoms with Gasteiger partial charge in [-0.2, -0.15) is 5.10 Å². The molecule has 0 saturated heterocycles. The molecule has 1 aromatic heterocycles. The summed E-state index contributed by atoms with van der Waals surface area (Å²) in [6, 6.07) is 3.12. The van der Waals surface area contributed by atoms with Gasteiger partial charge >= 0.3 is 6.16 Å². The lowest BCUT2D eigenvalue weighted by molar-refractivity contribution is 0.0534. The van der Waals surface area contributed by atoms with Gasteiger partial charge in [0.1, 0.15) is 17.4 Å². The van der Waals surface area contributed by atoms with Gasteiger partial charge in [-0.15, -0.1) is 0 Å². The number of hydrogen-bond acceptors (Lipinski definition) is 4. The third-order valence-electron chi connectivity index (χ3n) is 4.06. The first-order valence-electron chi connectivity index (χ1n) is 7.95. The monoisotopic (exact) mass is 404 g/mol. The van der Waals surface area contributed by atoms with Crippen molar-refractivity contribution in [3.63, 3.8) is 0 Å². The summed E-state index contributed by atoms with van der Waals surface area (Å²) >= 11 is 3.42. The van der Waals surface area contributed by atoms with Crippen molar-refractivity contribution in [1.29, 1.82) is 0 Å². The van der Waals surface area contributed by atoms with Gasteiger partial charge < -0.3 is 14.6 Å². The van der Waals surface area contributed by atoms with Crippen LogP contribution in [-0.4, -0.2) is 41.8 Å². The second kappa shape index (κ2) is 7.81. The van der Waals surface area contributed by atoms with Crippen LogP contribution in [0.2, 0.25) is 25.7 Å². The number of halogens is 1. The molecule has 1 fully saturated rings. The van der Waals surface area contributed by atoms with E-state index in [1.165, 1.54) is 0 Å². The van der Waals surface area contributed by atoms with Crippen molar-refractivity contribution in [2.24, 2.45) is 0 Å². The maximum absolute atomic E-state index is 10.7. The quantitative estimate of drug-likeness (QED) is 0.416. The largest absolute Gasteiger partial charge is 0.506 e. The fraction of sp³-hybridized carbons (Fsp3) is 0.733. The summed E-state index contributed by atoms with van der Waals surface area (Å²) in [5.41, 5.74) is 1.08. The van der Waals surface area contributed by atoms with E-state index in [0.717, 1.165) is 35.8 Å². The van der Waals surface area contributed by atoms with Crippen LogP contribution in [0, 0.1) is 0 Å². The van der Waals surface area contributed by atoms with Crippen molar-refractivity contribution in [2.45, 2.75) is 63.7 Å². The molecule has 0 spiro atoms. The lowest BCUT2D eigenvalue weighted by Gasteiger charge is -2.17. The van der Waals surface area contributed by atoms with Gasteiger partial charge in [0, 0.05) is 26.3 Å². The Hall–Kier alpha value is -0.863. The highest BCUT2D eigenvalue weighted by atomic mass is 79.9. The van der Waals surface area contributed by atoms with E-state index in [0.29, 0.717) is 13.2 Å². The molecule has 23 heavy (non-hydrogen) atoms. The predicted molar refractivity (Wildman–Crippen MR) is 93.5 cm³/mol. The molecule has 1 heterocycles. The van der Waals surface area contributed by atoms with Crippen LogP contribution < -0.4 is 0 Å². The van der Waals surface area contributed by atoms with E-state index in [2.05, 4.69) is 40.7 Å². The van der Waals surface area contributed by atoms with Crippen LogP contribution in [0.4, 0.5) is 4.79 Å². The maximum Gasteiger partial charge on any atom is 0.506 e. The van der Waals surface area contributed by atoms with E-state index in [1.807, 2.05) is 10.7 Å². The van der Waals surface area contributed by atoms with Crippen LogP contribution in [0.5, 0.6) is 0 Å². The Labute approximate surface area is 146 Å². The Morgan fingerprint density at radius 2 is 2.22 bits per heavy atom. The zero-order valence-corrected chi connectivity index (χ0v) is 16.5. The number of nitrogens with zero attached hydrogens (tertiary/aromatic N) is 2. The lowest BCUT2D eigenvalue weighted by Crippen LogP contribution is -2.22. The van der Waals surface area contributed by atoms with Crippen molar-refractivity contribution in [1.82, 2.24) is 9.78 Å². The topological polar surface area (TPSA) is 73.6 Å². The molecule has 1 aliphatic rings. The van der Waals surface area contributed by atoms with Crippen LogP contribution in [0.1, 0.15) is 30.9 Å². The van der Waals surface area contributed by atoms with E-state index < -0.39 is 14.2 Å². The van der Waals surface area contributed by atoms with Crippen LogP contribution >= 0.6 is 15.9 Å². The SMILES string of the molecule is C[Si](C)(C)CCOCn1nc(Br)cc1C1CCC(OC(=O)O)C1. The highest BCUT2D eigenvalue weighted by Gasteiger charge is 2.31. The summed E-state index contributed by atoms with van der Waals surface area (Å²) in [7, 11) is -1.09. The first-order valence-corrected chi connectivity index (χ1v) is 12.5. The van der Waals surface area contributed by atoms with Gasteiger partial charge in [-0.05, 0) is 47.3 Å². The summed E-state index contributed by atoms with van der Waals surface area (Å²) in [4.78, 5) is 10.7. The van der Waals surface area contributed by atoms with Gasteiger partial charge in [-0.1, -0.05) is 19.6 Å². The minimum atomic E-state index is -1.19. The third-order valence-corrected chi connectivity index (χ3v) is 6.15. The molecule has 0 aromatic carbocycles. The molecule has 0 aliphatic heterocycles. The summed E-state index contributed by atoms with van der Waals surface area (Å²) < 4.78 is 13.3. The number of hydrogen-bond donors (Lipinski definition) is 1. The van der Waals surface area contributed by atoms with Gasteiger partial charge in [-0.25, -0.2) is 9.48 Å². The molecule has 1 N–H and O–H groups in total. The smallest absolute Gasteiger partial charge is 0.450 e. The fourth-order valence-corrected chi connectivity index (χ4v) is 4.00. The Kier molecular flexibility index (Phi) is 6.27.